The maximum Gasteiger partial charge on any atom is 0.310 e. The molecule has 0 aliphatic rings. The van der Waals surface area contributed by atoms with Crippen molar-refractivity contribution >= 4 is 5.97 Å². The predicted molar refractivity (Wildman–Crippen MR) is 88.4 cm³/mol. The van der Waals surface area contributed by atoms with E-state index in [1.54, 1.807) is 4.68 Å². The summed E-state index contributed by atoms with van der Waals surface area (Å²) in [6.45, 7) is 6.83. The van der Waals surface area contributed by atoms with Gasteiger partial charge < -0.3 is 9.47 Å². The van der Waals surface area contributed by atoms with E-state index in [4.69, 9.17) is 9.47 Å². The second-order valence-electron chi connectivity index (χ2n) is 5.82. The van der Waals surface area contributed by atoms with Crippen LogP contribution in [0.1, 0.15) is 45.0 Å². The lowest BCUT2D eigenvalue weighted by Gasteiger charge is -2.11. The maximum atomic E-state index is 12.0. The number of carbonyl (C=O) groups excluding carboxylic acids is 1. The largest absolute Gasteiger partial charge is 0.491 e. The van der Waals surface area contributed by atoms with Crippen LogP contribution >= 0.6 is 0 Å². The van der Waals surface area contributed by atoms with Crippen molar-refractivity contribution in [2.75, 3.05) is 0 Å². The van der Waals surface area contributed by atoms with Crippen molar-refractivity contribution in [2.45, 2.75) is 59.3 Å². The number of unbranched alkanes of at least 4 members (excludes halogenated alkanes) is 1. The molecule has 0 aliphatic heterocycles. The topological polar surface area (TPSA) is 79.1 Å². The number of aromatic nitrogens is 4. The van der Waals surface area contributed by atoms with Crippen molar-refractivity contribution in [1.29, 1.82) is 0 Å². The predicted octanol–water partition coefficient (Wildman–Crippen LogP) is 2.55. The van der Waals surface area contributed by atoms with Gasteiger partial charge in [-0.3, -0.25) is 4.79 Å². The number of carbonyl (C=O) groups is 1. The Hall–Kier alpha value is -2.44. The molecule has 0 unspecified atom stereocenters. The molecule has 0 N–H and O–H groups in total. The maximum absolute atomic E-state index is 12.0. The number of hydrogen-bond donors (Lipinski definition) is 0. The highest BCUT2D eigenvalue weighted by atomic mass is 16.5. The fourth-order valence-electron chi connectivity index (χ4n) is 2.17. The van der Waals surface area contributed by atoms with Gasteiger partial charge in [-0.15, -0.1) is 5.10 Å². The first-order valence-corrected chi connectivity index (χ1v) is 8.24. The van der Waals surface area contributed by atoms with Gasteiger partial charge in [-0.1, -0.05) is 25.5 Å². The summed E-state index contributed by atoms with van der Waals surface area (Å²) in [6, 6.07) is 7.47. The Morgan fingerprint density at radius 2 is 2.17 bits per heavy atom. The molecule has 0 saturated heterocycles. The number of nitrogens with zero attached hydrogens (tertiary/aromatic N) is 4. The van der Waals surface area contributed by atoms with Crippen LogP contribution in [0.2, 0.25) is 0 Å². The standard InChI is InChI=1S/C17H24N4O3/c1-4-5-9-21-16(18-19-20-21)12-23-17(22)11-14-7-6-8-15(10-14)24-13(2)3/h6-8,10,13H,4-5,9,11-12H2,1-3H3. The summed E-state index contributed by atoms with van der Waals surface area (Å²) < 4.78 is 12.6. The molecule has 0 spiro atoms. The van der Waals surface area contributed by atoms with Gasteiger partial charge in [0.1, 0.15) is 5.75 Å². The van der Waals surface area contributed by atoms with Gasteiger partial charge in [0.25, 0.3) is 0 Å². The Morgan fingerprint density at radius 3 is 2.92 bits per heavy atom. The third-order valence-electron chi connectivity index (χ3n) is 3.31. The number of rotatable bonds is 9. The minimum absolute atomic E-state index is 0.0811. The summed E-state index contributed by atoms with van der Waals surface area (Å²) in [4.78, 5) is 12.0. The molecule has 0 bridgehead atoms. The number of ether oxygens (including phenoxy) is 2. The zero-order chi connectivity index (χ0) is 17.4. The molecule has 0 saturated carbocycles. The van der Waals surface area contributed by atoms with Crippen LogP contribution in [0.3, 0.4) is 0 Å². The van der Waals surface area contributed by atoms with Gasteiger partial charge in [0.05, 0.1) is 12.5 Å². The molecule has 0 radical (unpaired) electrons. The van der Waals surface area contributed by atoms with Crippen LogP contribution in [-0.2, 0) is 29.1 Å². The average Bonchev–Trinajstić information content (AvgIpc) is 2.98. The van der Waals surface area contributed by atoms with Gasteiger partial charge in [0.15, 0.2) is 12.4 Å². The molecule has 1 heterocycles. The van der Waals surface area contributed by atoms with Gasteiger partial charge in [-0.25, -0.2) is 4.68 Å². The van der Waals surface area contributed by atoms with E-state index in [0.29, 0.717) is 5.82 Å². The summed E-state index contributed by atoms with van der Waals surface area (Å²) in [7, 11) is 0. The molecule has 2 rings (SSSR count). The van der Waals surface area contributed by atoms with Crippen LogP contribution in [0, 0.1) is 0 Å². The zero-order valence-corrected chi connectivity index (χ0v) is 14.4. The number of benzene rings is 1. The lowest BCUT2D eigenvalue weighted by molar-refractivity contribution is -0.144. The third kappa shape index (κ3) is 5.64. The molecule has 7 nitrogen and oxygen atoms in total. The molecule has 0 fully saturated rings. The molecular formula is C17H24N4O3. The minimum atomic E-state index is -0.318. The quantitative estimate of drug-likeness (QED) is 0.657. The Labute approximate surface area is 142 Å². The molecule has 24 heavy (non-hydrogen) atoms. The molecule has 0 aliphatic carbocycles. The molecule has 0 amide bonds. The van der Waals surface area contributed by atoms with Crippen molar-refractivity contribution in [3.05, 3.63) is 35.7 Å². The molecule has 7 heteroatoms. The monoisotopic (exact) mass is 332 g/mol. The average molecular weight is 332 g/mol. The van der Waals surface area contributed by atoms with Crippen molar-refractivity contribution < 1.29 is 14.3 Å². The van der Waals surface area contributed by atoms with Crippen molar-refractivity contribution in [2.24, 2.45) is 0 Å². The van der Waals surface area contributed by atoms with E-state index in [0.717, 1.165) is 30.7 Å². The lowest BCUT2D eigenvalue weighted by atomic mass is 10.1. The van der Waals surface area contributed by atoms with Crippen molar-refractivity contribution in [1.82, 2.24) is 20.2 Å². The first-order chi connectivity index (χ1) is 11.6. The van der Waals surface area contributed by atoms with Gasteiger partial charge in [0.2, 0.25) is 0 Å². The van der Waals surface area contributed by atoms with E-state index >= 15 is 0 Å². The fraction of sp³-hybridized carbons (Fsp3) is 0.529. The Bertz CT molecular complexity index is 655. The van der Waals surface area contributed by atoms with Gasteiger partial charge in [0, 0.05) is 6.54 Å². The number of esters is 1. The lowest BCUT2D eigenvalue weighted by Crippen LogP contribution is -2.13. The summed E-state index contributed by atoms with van der Waals surface area (Å²) in [5.41, 5.74) is 0.851. The van der Waals surface area contributed by atoms with Crippen LogP contribution in [-0.4, -0.2) is 32.3 Å². The highest BCUT2D eigenvalue weighted by Gasteiger charge is 2.11. The highest BCUT2D eigenvalue weighted by molar-refractivity contribution is 5.72. The number of aryl methyl sites for hydroxylation is 1. The zero-order valence-electron chi connectivity index (χ0n) is 14.4. The van der Waals surface area contributed by atoms with Gasteiger partial charge in [-0.05, 0) is 48.4 Å². The Morgan fingerprint density at radius 1 is 1.33 bits per heavy atom. The number of tetrazole rings is 1. The normalized spacial score (nSPS) is 10.8. The Kier molecular flexibility index (Phi) is 6.72. The second kappa shape index (κ2) is 9.00. The third-order valence-corrected chi connectivity index (χ3v) is 3.31. The molecule has 130 valence electrons. The molecule has 2 aromatic rings. The van der Waals surface area contributed by atoms with E-state index < -0.39 is 0 Å². The van der Waals surface area contributed by atoms with Crippen molar-refractivity contribution in [3.63, 3.8) is 0 Å². The molecular weight excluding hydrogens is 308 g/mol. The van der Waals surface area contributed by atoms with Gasteiger partial charge >= 0.3 is 5.97 Å². The summed E-state index contributed by atoms with van der Waals surface area (Å²) in [6.07, 6.45) is 2.31. The highest BCUT2D eigenvalue weighted by Crippen LogP contribution is 2.15. The van der Waals surface area contributed by atoms with Crippen LogP contribution < -0.4 is 4.74 Å². The van der Waals surface area contributed by atoms with Crippen LogP contribution in [0.5, 0.6) is 5.75 Å². The molecule has 1 aromatic carbocycles. The summed E-state index contributed by atoms with van der Waals surface area (Å²) in [5, 5.41) is 11.4. The van der Waals surface area contributed by atoms with Crippen molar-refractivity contribution in [3.8, 4) is 5.75 Å². The SMILES string of the molecule is CCCCn1nnnc1COC(=O)Cc1cccc(OC(C)C)c1. The van der Waals surface area contributed by atoms with E-state index in [1.807, 2.05) is 38.1 Å². The first-order valence-electron chi connectivity index (χ1n) is 8.24. The molecule has 0 atom stereocenters. The first kappa shape index (κ1) is 17.9. The van der Waals surface area contributed by atoms with Crippen LogP contribution in [0.25, 0.3) is 0 Å². The summed E-state index contributed by atoms with van der Waals surface area (Å²) in [5.74, 6) is 0.995. The van der Waals surface area contributed by atoms with E-state index in [1.165, 1.54) is 0 Å². The molecule has 1 aromatic heterocycles. The van der Waals surface area contributed by atoms with E-state index in [-0.39, 0.29) is 25.1 Å². The van der Waals surface area contributed by atoms with Gasteiger partial charge in [-0.2, -0.15) is 0 Å². The summed E-state index contributed by atoms with van der Waals surface area (Å²) >= 11 is 0. The van der Waals surface area contributed by atoms with Crippen LogP contribution in [0.4, 0.5) is 0 Å². The smallest absolute Gasteiger partial charge is 0.310 e. The van der Waals surface area contributed by atoms with E-state index in [2.05, 4.69) is 22.4 Å². The second-order valence-corrected chi connectivity index (χ2v) is 5.82. The van der Waals surface area contributed by atoms with E-state index in [9.17, 15) is 4.79 Å². The number of hydrogen-bond acceptors (Lipinski definition) is 6. The Balaban J connectivity index is 1.86. The van der Waals surface area contributed by atoms with Crippen LogP contribution in [0.15, 0.2) is 24.3 Å². The minimum Gasteiger partial charge on any atom is -0.491 e. The fourth-order valence-corrected chi connectivity index (χ4v) is 2.17.